The summed E-state index contributed by atoms with van der Waals surface area (Å²) in [5.74, 6) is 1.65. The van der Waals surface area contributed by atoms with Crippen LogP contribution >= 0.6 is 0 Å². The summed E-state index contributed by atoms with van der Waals surface area (Å²) in [5, 5.41) is 2.44. The second-order valence-electron chi connectivity index (χ2n) is 29.2. The third kappa shape index (κ3) is 9.34. The van der Waals surface area contributed by atoms with Crippen molar-refractivity contribution in [2.24, 2.45) is 0 Å². The maximum absolute atomic E-state index is 8.06. The van der Waals surface area contributed by atoms with Gasteiger partial charge in [0.1, 0.15) is 11.5 Å². The van der Waals surface area contributed by atoms with Crippen LogP contribution in [-0.2, 0) is 10.8 Å². The van der Waals surface area contributed by atoms with Crippen LogP contribution in [0.15, 0.2) is 322 Å². The first-order valence-corrected chi connectivity index (χ1v) is 35.0. The molecule has 0 fully saturated rings. The highest BCUT2D eigenvalue weighted by Crippen LogP contribution is 2.54. The van der Waals surface area contributed by atoms with Gasteiger partial charge < -0.3 is 28.9 Å². The summed E-state index contributed by atoms with van der Waals surface area (Å²) >= 11 is 0. The Balaban J connectivity index is 0.943. The predicted molar refractivity (Wildman–Crippen MR) is 424 cm³/mol. The Kier molecular flexibility index (Phi) is 13.5. The number of benzene rings is 14. The highest BCUT2D eigenvalue weighted by atomic mass is 16.5. The summed E-state index contributed by atoms with van der Waals surface area (Å²) in [7, 11) is 0. The van der Waals surface area contributed by atoms with Gasteiger partial charge in [-0.2, -0.15) is 0 Å². The van der Waals surface area contributed by atoms with Crippen molar-refractivity contribution in [3.05, 3.63) is 333 Å². The van der Waals surface area contributed by atoms with Gasteiger partial charge in [0, 0.05) is 90.9 Å². The molecule has 5 heterocycles. The molecule has 0 N–H and O–H groups in total. The normalized spacial score (nSPS) is 13.3. The van der Waals surface area contributed by atoms with Crippen molar-refractivity contribution in [3.63, 3.8) is 0 Å². The highest BCUT2D eigenvalue weighted by molar-refractivity contribution is 7.02. The van der Waals surface area contributed by atoms with Gasteiger partial charge in [-0.3, -0.25) is 0 Å². The molecular weight excluding hydrogens is 1210 g/mol. The van der Waals surface area contributed by atoms with Gasteiger partial charge >= 0.3 is 0 Å². The summed E-state index contributed by atoms with van der Waals surface area (Å²) in [6.45, 7) is 13.5. The largest absolute Gasteiger partial charge is 0.458 e. The van der Waals surface area contributed by atoms with Crippen LogP contribution in [0.25, 0.3) is 49.7 Å². The van der Waals surface area contributed by atoms with Crippen molar-refractivity contribution in [1.82, 2.24) is 4.57 Å². The fourth-order valence-electron chi connectivity index (χ4n) is 16.6. The minimum absolute atomic E-state index is 0.0912. The average molecular weight is 1280 g/mol. The SMILES string of the molecule is CC(C)(C)c1ccc2c3ccc(C(C)(C)C)cc3n(-c3cc4c5c(c3)N(c3ccccc3)c3ccccc3B5c3cc5c(cc3O4)N(c3c(-c4ccccc4)cccc3-c3ccccc3)c3cc(N(c4ccccc4)c4ccccc4)cc4c3B5c3ccccc3N4c3ccccc3)c2c1. The van der Waals surface area contributed by atoms with Crippen molar-refractivity contribution in [3.8, 4) is 39.4 Å². The summed E-state index contributed by atoms with van der Waals surface area (Å²) in [4.78, 5) is 10.1. The molecule has 0 bridgehead atoms. The zero-order valence-electron chi connectivity index (χ0n) is 56.9. The molecule has 1 aromatic heterocycles. The molecule has 4 aliphatic heterocycles. The van der Waals surface area contributed by atoms with Crippen LogP contribution in [-0.4, -0.2) is 18.0 Å². The van der Waals surface area contributed by atoms with Gasteiger partial charge in [0.05, 0.1) is 28.1 Å². The van der Waals surface area contributed by atoms with Crippen LogP contribution in [0.4, 0.5) is 68.2 Å². The number of hydrogen-bond acceptors (Lipinski definition) is 5. The van der Waals surface area contributed by atoms with E-state index in [2.05, 4.69) is 387 Å². The van der Waals surface area contributed by atoms with E-state index in [9.17, 15) is 0 Å². The molecule has 100 heavy (non-hydrogen) atoms. The Hall–Kier alpha value is -12.0. The van der Waals surface area contributed by atoms with Gasteiger partial charge in [0.15, 0.2) is 0 Å². The quantitative estimate of drug-likeness (QED) is 0.134. The molecule has 8 heteroatoms. The molecule has 0 radical (unpaired) electrons. The van der Waals surface area contributed by atoms with Gasteiger partial charge in [-0.05, 0) is 157 Å². The molecule has 0 spiro atoms. The molecule has 0 saturated carbocycles. The van der Waals surface area contributed by atoms with Crippen molar-refractivity contribution >= 4 is 136 Å². The Morgan fingerprint density at radius 2 is 0.740 bits per heavy atom. The number of rotatable bonds is 9. The van der Waals surface area contributed by atoms with Gasteiger partial charge in [0.25, 0.3) is 13.4 Å². The van der Waals surface area contributed by atoms with E-state index in [1.165, 1.54) is 54.8 Å². The fourth-order valence-corrected chi connectivity index (χ4v) is 16.6. The van der Waals surface area contributed by atoms with Gasteiger partial charge in [-0.1, -0.05) is 260 Å². The summed E-state index contributed by atoms with van der Waals surface area (Å²) in [5.41, 5.74) is 30.4. The van der Waals surface area contributed by atoms with E-state index < -0.39 is 0 Å². The lowest BCUT2D eigenvalue weighted by atomic mass is 9.30. The number of aromatic nitrogens is 1. The standard InChI is InChI=1S/C92H71B2N5O/c1-91(2,3)62-48-50-72-73-51-49-63(92(4,5)6)53-81(73)98(80(72)52-62)69-56-85-89-87(57-69)100-86-59-82-76(58-77(86)94(89)75-45-26-28-47-79(75)97(85)67-40-23-12-24-41-67)93-74-44-25-27-46-78(74)96(66-38-21-11-22-39-66)83-54-68(95(64-34-17-9-18-35-64)65-36-19-10-20-37-65)55-84(88(83)93)99(82)90-70(60-30-13-7-14-31-60)42-29-43-71(90)61-32-15-8-16-33-61/h7-59H,1-6H3. The minimum atomic E-state index is -0.230. The number of nitrogens with zero attached hydrogens (tertiary/aromatic N) is 5. The Bertz CT molecular complexity index is 5580. The lowest BCUT2D eigenvalue weighted by molar-refractivity contribution is 0.487. The molecule has 0 aliphatic carbocycles. The topological polar surface area (TPSA) is 27.1 Å². The van der Waals surface area contributed by atoms with E-state index in [1.54, 1.807) is 0 Å². The predicted octanol–water partition coefficient (Wildman–Crippen LogP) is 20.7. The molecule has 0 amide bonds. The van der Waals surface area contributed by atoms with E-state index in [4.69, 9.17) is 4.74 Å². The van der Waals surface area contributed by atoms with E-state index in [1.807, 2.05) is 0 Å². The van der Waals surface area contributed by atoms with Crippen LogP contribution in [0.1, 0.15) is 52.7 Å². The van der Waals surface area contributed by atoms with Crippen molar-refractivity contribution in [1.29, 1.82) is 0 Å². The molecule has 0 atom stereocenters. The number of fused-ring (bicyclic) bond motifs is 11. The van der Waals surface area contributed by atoms with Crippen LogP contribution < -0.4 is 57.1 Å². The van der Waals surface area contributed by atoms with Crippen LogP contribution in [0.2, 0.25) is 0 Å². The molecule has 6 nitrogen and oxygen atoms in total. The zero-order chi connectivity index (χ0) is 67.1. The fraction of sp³-hybridized carbons (Fsp3) is 0.0870. The molecule has 0 saturated heterocycles. The van der Waals surface area contributed by atoms with E-state index in [-0.39, 0.29) is 24.3 Å². The first-order valence-electron chi connectivity index (χ1n) is 35.0. The lowest BCUT2D eigenvalue weighted by Gasteiger charge is -2.46. The number of ether oxygens (including phenoxy) is 1. The summed E-state index contributed by atoms with van der Waals surface area (Å²) in [6.07, 6.45) is 0. The third-order valence-corrected chi connectivity index (χ3v) is 21.2. The molecule has 15 aromatic rings. The second-order valence-corrected chi connectivity index (χ2v) is 29.2. The van der Waals surface area contributed by atoms with E-state index in [0.29, 0.717) is 0 Å². The van der Waals surface area contributed by atoms with E-state index >= 15 is 0 Å². The third-order valence-electron chi connectivity index (χ3n) is 21.2. The molecule has 0 unspecified atom stereocenters. The van der Waals surface area contributed by atoms with Crippen LogP contribution in [0.5, 0.6) is 11.5 Å². The first kappa shape index (κ1) is 59.3. The van der Waals surface area contributed by atoms with Crippen LogP contribution in [0.3, 0.4) is 0 Å². The summed E-state index contributed by atoms with van der Waals surface area (Å²) < 4.78 is 10.6. The average Bonchev–Trinajstić information content (AvgIpc) is 0.746. The van der Waals surface area contributed by atoms with Crippen molar-refractivity contribution < 1.29 is 4.74 Å². The van der Waals surface area contributed by atoms with Gasteiger partial charge in [-0.25, -0.2) is 0 Å². The first-order chi connectivity index (χ1) is 48.9. The smallest absolute Gasteiger partial charge is 0.256 e. The molecular formula is C92H71B2N5O. The Morgan fingerprint density at radius 3 is 1.24 bits per heavy atom. The monoisotopic (exact) mass is 1280 g/mol. The van der Waals surface area contributed by atoms with Gasteiger partial charge in [0.2, 0.25) is 0 Å². The summed E-state index contributed by atoms with van der Waals surface area (Å²) in [6, 6.07) is 120. The Morgan fingerprint density at radius 1 is 0.300 bits per heavy atom. The molecule has 14 aromatic carbocycles. The molecule has 476 valence electrons. The lowest BCUT2D eigenvalue weighted by Crippen LogP contribution is -2.64. The minimum Gasteiger partial charge on any atom is -0.458 e. The van der Waals surface area contributed by atoms with Crippen molar-refractivity contribution in [2.45, 2.75) is 52.4 Å². The number of hydrogen-bond donors (Lipinski definition) is 0. The second kappa shape index (κ2) is 22.8. The van der Waals surface area contributed by atoms with Crippen molar-refractivity contribution in [2.75, 3.05) is 19.6 Å². The number of anilines is 12. The highest BCUT2D eigenvalue weighted by Gasteiger charge is 2.49. The van der Waals surface area contributed by atoms with Gasteiger partial charge in [-0.15, -0.1) is 0 Å². The van der Waals surface area contributed by atoms with E-state index in [0.717, 1.165) is 119 Å². The molecule has 4 aliphatic rings. The maximum Gasteiger partial charge on any atom is 0.256 e. The maximum atomic E-state index is 8.06. The number of para-hydroxylation sites is 7. The Labute approximate surface area is 586 Å². The van der Waals surface area contributed by atoms with Crippen LogP contribution in [0, 0.1) is 0 Å². The zero-order valence-corrected chi connectivity index (χ0v) is 56.9. The molecule has 19 rings (SSSR count).